The first-order valence-electron chi connectivity index (χ1n) is 7.10. The molecule has 20 heavy (non-hydrogen) atoms. The van der Waals surface area contributed by atoms with Gasteiger partial charge in [-0.2, -0.15) is 11.8 Å². The Balaban J connectivity index is 1.68. The van der Waals surface area contributed by atoms with Gasteiger partial charge in [0.05, 0.1) is 5.60 Å². The van der Waals surface area contributed by atoms with Crippen molar-refractivity contribution in [2.75, 3.05) is 23.8 Å². The van der Waals surface area contributed by atoms with E-state index in [1.165, 1.54) is 24.3 Å². The first kappa shape index (κ1) is 14.9. The Kier molecular flexibility index (Phi) is 4.75. The number of thioether (sulfide) groups is 2. The first-order valence-corrected chi connectivity index (χ1v) is 9.52. The van der Waals surface area contributed by atoms with E-state index in [9.17, 15) is 0 Å². The molecule has 1 aromatic carbocycles. The lowest BCUT2D eigenvalue weighted by Crippen LogP contribution is -2.43. The molecular formula is C15H20ClNOS2. The third kappa shape index (κ3) is 3.41. The van der Waals surface area contributed by atoms with E-state index >= 15 is 0 Å². The largest absolute Gasteiger partial charge is 0.398 e. The molecule has 0 aliphatic carbocycles. The normalized spacial score (nSPS) is 25.8. The number of benzene rings is 1. The summed E-state index contributed by atoms with van der Waals surface area (Å²) in [6.07, 6.45) is 4.66. The van der Waals surface area contributed by atoms with Gasteiger partial charge in [-0.05, 0) is 55.4 Å². The number of anilines is 1. The van der Waals surface area contributed by atoms with Crippen LogP contribution in [-0.2, 0) is 4.74 Å². The highest BCUT2D eigenvalue weighted by atomic mass is 35.5. The molecule has 2 fully saturated rings. The molecule has 2 heterocycles. The Morgan fingerprint density at radius 1 is 1.35 bits per heavy atom. The summed E-state index contributed by atoms with van der Waals surface area (Å²) in [4.78, 5) is 1.15. The summed E-state index contributed by atoms with van der Waals surface area (Å²) >= 11 is 9.91. The van der Waals surface area contributed by atoms with Crippen LogP contribution < -0.4 is 5.73 Å². The number of rotatable bonds is 2. The quantitative estimate of drug-likeness (QED) is 0.812. The second kappa shape index (κ2) is 6.39. The van der Waals surface area contributed by atoms with E-state index in [4.69, 9.17) is 22.1 Å². The van der Waals surface area contributed by atoms with Gasteiger partial charge in [-0.3, -0.25) is 0 Å². The van der Waals surface area contributed by atoms with Crippen LogP contribution in [0, 0.1) is 0 Å². The van der Waals surface area contributed by atoms with Crippen LogP contribution in [0.4, 0.5) is 5.69 Å². The number of hydrogen-bond acceptors (Lipinski definition) is 4. The van der Waals surface area contributed by atoms with Crippen molar-refractivity contribution in [3.63, 3.8) is 0 Å². The molecule has 0 amide bonds. The maximum atomic E-state index is 6.14. The maximum Gasteiger partial charge on any atom is 0.0709 e. The fourth-order valence-electron chi connectivity index (χ4n) is 2.98. The fourth-order valence-corrected chi connectivity index (χ4v) is 5.70. The third-order valence-electron chi connectivity index (χ3n) is 4.12. The second-order valence-electron chi connectivity index (χ2n) is 5.56. The van der Waals surface area contributed by atoms with E-state index in [0.29, 0.717) is 10.3 Å². The highest BCUT2D eigenvalue weighted by Gasteiger charge is 2.39. The van der Waals surface area contributed by atoms with Gasteiger partial charge >= 0.3 is 0 Å². The Hall–Kier alpha value is -0.0300. The third-order valence-corrected chi connectivity index (χ3v) is 6.70. The molecule has 2 N–H and O–H groups in total. The van der Waals surface area contributed by atoms with Crippen molar-refractivity contribution >= 4 is 40.8 Å². The highest BCUT2D eigenvalue weighted by Crippen LogP contribution is 2.43. The molecule has 2 aliphatic rings. The van der Waals surface area contributed by atoms with Crippen LogP contribution in [-0.4, -0.2) is 29.0 Å². The number of halogens is 1. The average molecular weight is 330 g/mol. The summed E-state index contributed by atoms with van der Waals surface area (Å²) in [5, 5.41) is 1.31. The van der Waals surface area contributed by atoms with Crippen LogP contribution in [0.15, 0.2) is 23.1 Å². The van der Waals surface area contributed by atoms with Gasteiger partial charge in [0.25, 0.3) is 0 Å². The zero-order chi connectivity index (χ0) is 14.0. The van der Waals surface area contributed by atoms with Crippen LogP contribution in [0.1, 0.15) is 25.7 Å². The maximum absolute atomic E-state index is 6.14. The van der Waals surface area contributed by atoms with Crippen LogP contribution in [0.25, 0.3) is 0 Å². The van der Waals surface area contributed by atoms with Crippen LogP contribution >= 0.6 is 35.1 Å². The van der Waals surface area contributed by atoms with Crippen molar-refractivity contribution < 1.29 is 4.74 Å². The van der Waals surface area contributed by atoms with E-state index in [-0.39, 0.29) is 5.60 Å². The lowest BCUT2D eigenvalue weighted by molar-refractivity contribution is -0.0804. The molecule has 5 heteroatoms. The monoisotopic (exact) mass is 329 g/mol. The molecule has 0 bridgehead atoms. The average Bonchev–Trinajstić information content (AvgIpc) is 2.43. The van der Waals surface area contributed by atoms with Crippen molar-refractivity contribution in [2.24, 2.45) is 0 Å². The summed E-state index contributed by atoms with van der Waals surface area (Å²) in [6.45, 7) is 0.885. The minimum Gasteiger partial charge on any atom is -0.398 e. The summed E-state index contributed by atoms with van der Waals surface area (Å²) < 4.78 is 6.14. The Morgan fingerprint density at radius 3 is 2.90 bits per heavy atom. The van der Waals surface area contributed by atoms with E-state index in [1.54, 1.807) is 0 Å². The Morgan fingerprint density at radius 2 is 2.15 bits per heavy atom. The predicted molar refractivity (Wildman–Crippen MR) is 90.0 cm³/mol. The molecule has 0 radical (unpaired) electrons. The van der Waals surface area contributed by atoms with Crippen molar-refractivity contribution in [2.45, 2.75) is 41.4 Å². The Bertz CT molecular complexity index is 471. The van der Waals surface area contributed by atoms with Crippen molar-refractivity contribution in [3.8, 4) is 0 Å². The molecule has 2 saturated heterocycles. The van der Waals surface area contributed by atoms with Crippen LogP contribution in [0.5, 0.6) is 0 Å². The van der Waals surface area contributed by atoms with E-state index in [2.05, 4.69) is 11.8 Å². The lowest BCUT2D eigenvalue weighted by Gasteiger charge is -2.43. The van der Waals surface area contributed by atoms with Gasteiger partial charge in [-0.25, -0.2) is 0 Å². The molecule has 0 aromatic heterocycles. The number of nitrogen functional groups attached to an aromatic ring is 1. The molecule has 3 rings (SSSR count). The fraction of sp³-hybridized carbons (Fsp3) is 0.600. The van der Waals surface area contributed by atoms with E-state index in [1.807, 2.05) is 30.0 Å². The highest BCUT2D eigenvalue weighted by molar-refractivity contribution is 8.00. The van der Waals surface area contributed by atoms with Gasteiger partial charge in [0.1, 0.15) is 0 Å². The zero-order valence-electron chi connectivity index (χ0n) is 11.4. The van der Waals surface area contributed by atoms with Gasteiger partial charge in [0, 0.05) is 27.5 Å². The van der Waals surface area contributed by atoms with Gasteiger partial charge in [-0.15, -0.1) is 11.8 Å². The van der Waals surface area contributed by atoms with Crippen molar-refractivity contribution in [1.29, 1.82) is 0 Å². The second-order valence-corrected chi connectivity index (χ2v) is 8.56. The smallest absolute Gasteiger partial charge is 0.0709 e. The van der Waals surface area contributed by atoms with Gasteiger partial charge in [0.15, 0.2) is 0 Å². The molecule has 1 atom stereocenters. The summed E-state index contributed by atoms with van der Waals surface area (Å²) in [6, 6.07) is 5.81. The molecule has 1 spiro atoms. The minimum absolute atomic E-state index is 0.141. The van der Waals surface area contributed by atoms with E-state index in [0.717, 1.165) is 30.0 Å². The molecule has 1 unspecified atom stereocenters. The van der Waals surface area contributed by atoms with E-state index < -0.39 is 0 Å². The minimum atomic E-state index is 0.141. The zero-order valence-corrected chi connectivity index (χ0v) is 13.8. The summed E-state index contributed by atoms with van der Waals surface area (Å²) in [7, 11) is 0. The van der Waals surface area contributed by atoms with Crippen LogP contribution in [0.3, 0.4) is 0 Å². The summed E-state index contributed by atoms with van der Waals surface area (Å²) in [5.41, 5.74) is 7.00. The molecule has 110 valence electrons. The lowest BCUT2D eigenvalue weighted by atomic mass is 9.88. The number of ether oxygens (including phenoxy) is 1. The van der Waals surface area contributed by atoms with Crippen molar-refractivity contribution in [3.05, 3.63) is 23.2 Å². The van der Waals surface area contributed by atoms with Gasteiger partial charge in [0.2, 0.25) is 0 Å². The SMILES string of the molecule is Nc1cc(Cl)ccc1SC1CCOC2(CCSCC2)C1. The van der Waals surface area contributed by atoms with Gasteiger partial charge in [-0.1, -0.05) is 11.6 Å². The summed E-state index contributed by atoms with van der Waals surface area (Å²) in [5.74, 6) is 2.47. The number of hydrogen-bond donors (Lipinski definition) is 1. The molecular weight excluding hydrogens is 310 g/mol. The topological polar surface area (TPSA) is 35.2 Å². The first-order chi connectivity index (χ1) is 9.67. The molecule has 0 saturated carbocycles. The van der Waals surface area contributed by atoms with Crippen molar-refractivity contribution in [1.82, 2.24) is 0 Å². The Labute approximate surface area is 134 Å². The molecule has 1 aromatic rings. The number of nitrogens with two attached hydrogens (primary N) is 1. The standard InChI is InChI=1S/C15H20ClNOS2/c16-11-1-2-14(13(17)9-11)20-12-3-6-18-15(10-12)4-7-19-8-5-15/h1-2,9,12H,3-8,10,17H2. The predicted octanol–water partition coefficient (Wildman–Crippen LogP) is 4.46. The van der Waals surface area contributed by atoms with Gasteiger partial charge < -0.3 is 10.5 Å². The molecule has 2 nitrogen and oxygen atoms in total. The van der Waals surface area contributed by atoms with Crippen LogP contribution in [0.2, 0.25) is 5.02 Å². The molecule has 2 aliphatic heterocycles.